The van der Waals surface area contributed by atoms with Crippen LogP contribution in [0.1, 0.15) is 35.4 Å². The van der Waals surface area contributed by atoms with Crippen LogP contribution in [0.5, 0.6) is 0 Å². The third-order valence-corrected chi connectivity index (χ3v) is 5.20. The third-order valence-electron chi connectivity index (χ3n) is 5.20. The number of benzene rings is 2. The normalized spacial score (nSPS) is 19.0. The Morgan fingerprint density at radius 2 is 1.96 bits per heavy atom. The summed E-state index contributed by atoms with van der Waals surface area (Å²) < 4.78 is 13.9. The topological polar surface area (TPSA) is 60.8 Å². The van der Waals surface area contributed by atoms with E-state index in [1.807, 2.05) is 29.2 Å². The SMILES string of the molecule is O=C1CCC2=C1C(c1cccc(F)c1)c1cc(CO)ccc1N2CCO. The number of carbonyl (C=O) groups excluding carboxylic acids is 1. The maximum Gasteiger partial charge on any atom is 0.161 e. The summed E-state index contributed by atoms with van der Waals surface area (Å²) in [5, 5.41) is 19.1. The van der Waals surface area contributed by atoms with Gasteiger partial charge in [-0.1, -0.05) is 24.3 Å². The van der Waals surface area contributed by atoms with Crippen molar-refractivity contribution in [3.63, 3.8) is 0 Å². The van der Waals surface area contributed by atoms with Gasteiger partial charge in [0.2, 0.25) is 0 Å². The molecule has 0 amide bonds. The lowest BCUT2D eigenvalue weighted by Gasteiger charge is -2.37. The minimum atomic E-state index is -0.354. The molecule has 4 rings (SSSR count). The Bertz CT molecular complexity index is 906. The molecule has 4 nitrogen and oxygen atoms in total. The van der Waals surface area contributed by atoms with E-state index in [1.54, 1.807) is 6.07 Å². The minimum Gasteiger partial charge on any atom is -0.395 e. The van der Waals surface area contributed by atoms with E-state index in [1.165, 1.54) is 12.1 Å². The molecular formula is C21H20FNO3. The van der Waals surface area contributed by atoms with E-state index in [0.717, 1.165) is 28.1 Å². The number of β-amino-alcohol motifs (C(OH)–C–C–N with tert-alkyl or cyclic N) is 1. The largest absolute Gasteiger partial charge is 0.395 e. The summed E-state index contributed by atoms with van der Waals surface area (Å²) >= 11 is 0. The zero-order valence-electron chi connectivity index (χ0n) is 14.3. The first kappa shape index (κ1) is 16.9. The van der Waals surface area contributed by atoms with E-state index in [9.17, 15) is 19.4 Å². The van der Waals surface area contributed by atoms with E-state index in [4.69, 9.17) is 0 Å². The molecular weight excluding hydrogens is 333 g/mol. The summed E-state index contributed by atoms with van der Waals surface area (Å²) in [5.74, 6) is -0.628. The summed E-state index contributed by atoms with van der Waals surface area (Å²) in [6.45, 7) is 0.257. The fourth-order valence-electron chi connectivity index (χ4n) is 4.14. The maximum absolute atomic E-state index is 13.9. The molecule has 2 aliphatic rings. The summed E-state index contributed by atoms with van der Waals surface area (Å²) in [6, 6.07) is 12.0. The second kappa shape index (κ2) is 6.67. The highest BCUT2D eigenvalue weighted by Crippen LogP contribution is 2.49. The highest BCUT2D eigenvalue weighted by Gasteiger charge is 2.40. The highest BCUT2D eigenvalue weighted by molar-refractivity contribution is 6.03. The van der Waals surface area contributed by atoms with E-state index >= 15 is 0 Å². The lowest BCUT2D eigenvalue weighted by Crippen LogP contribution is -2.32. The van der Waals surface area contributed by atoms with E-state index < -0.39 is 0 Å². The Kier molecular flexibility index (Phi) is 4.34. The molecule has 0 radical (unpaired) electrons. The number of aliphatic hydroxyl groups is 2. The van der Waals surface area contributed by atoms with Crippen LogP contribution in [-0.2, 0) is 11.4 Å². The molecule has 1 unspecified atom stereocenters. The Balaban J connectivity index is 1.97. The molecule has 0 spiro atoms. The van der Waals surface area contributed by atoms with Crippen molar-refractivity contribution < 1.29 is 19.4 Å². The number of aliphatic hydroxyl groups excluding tert-OH is 2. The summed E-state index contributed by atoms with van der Waals surface area (Å²) in [5.41, 5.74) is 4.84. The van der Waals surface area contributed by atoms with E-state index in [-0.39, 0.29) is 30.7 Å². The van der Waals surface area contributed by atoms with Crippen molar-refractivity contribution in [3.05, 3.63) is 76.2 Å². The van der Waals surface area contributed by atoms with Gasteiger partial charge in [0.1, 0.15) is 5.82 Å². The average molecular weight is 353 g/mol. The predicted molar refractivity (Wildman–Crippen MR) is 96.3 cm³/mol. The predicted octanol–water partition coefficient (Wildman–Crippen LogP) is 2.88. The number of hydrogen-bond donors (Lipinski definition) is 2. The van der Waals surface area contributed by atoms with Crippen LogP contribution in [0.4, 0.5) is 10.1 Å². The molecule has 134 valence electrons. The molecule has 0 fully saturated rings. The highest BCUT2D eigenvalue weighted by atomic mass is 19.1. The van der Waals surface area contributed by atoms with Crippen LogP contribution < -0.4 is 4.90 Å². The van der Waals surface area contributed by atoms with Gasteiger partial charge in [-0.15, -0.1) is 0 Å². The van der Waals surface area contributed by atoms with Crippen molar-refractivity contribution in [1.82, 2.24) is 0 Å². The number of anilines is 1. The van der Waals surface area contributed by atoms with Gasteiger partial charge < -0.3 is 15.1 Å². The Hall–Kier alpha value is -2.50. The van der Waals surface area contributed by atoms with Gasteiger partial charge in [0.15, 0.2) is 5.78 Å². The molecule has 0 saturated carbocycles. The number of carbonyl (C=O) groups is 1. The maximum atomic E-state index is 13.9. The van der Waals surface area contributed by atoms with Crippen molar-refractivity contribution in [2.75, 3.05) is 18.1 Å². The number of nitrogens with zero attached hydrogens (tertiary/aromatic N) is 1. The van der Waals surface area contributed by atoms with Gasteiger partial charge in [-0.25, -0.2) is 4.39 Å². The molecule has 2 N–H and O–H groups in total. The molecule has 1 aliphatic heterocycles. The lowest BCUT2D eigenvalue weighted by atomic mass is 9.79. The van der Waals surface area contributed by atoms with Gasteiger partial charge in [0.05, 0.1) is 13.2 Å². The first-order valence-corrected chi connectivity index (χ1v) is 8.78. The zero-order chi connectivity index (χ0) is 18.3. The fraction of sp³-hybridized carbons (Fsp3) is 0.286. The molecule has 1 heterocycles. The summed E-state index contributed by atoms with van der Waals surface area (Å²) in [4.78, 5) is 14.7. The van der Waals surface area contributed by atoms with Gasteiger partial charge in [0, 0.05) is 35.8 Å². The summed E-state index contributed by atoms with van der Waals surface area (Å²) in [7, 11) is 0. The van der Waals surface area contributed by atoms with Crippen LogP contribution in [0.3, 0.4) is 0 Å². The van der Waals surface area contributed by atoms with Crippen LogP contribution in [0, 0.1) is 5.82 Å². The van der Waals surface area contributed by atoms with Crippen molar-refractivity contribution in [1.29, 1.82) is 0 Å². The molecule has 0 aromatic heterocycles. The van der Waals surface area contributed by atoms with Crippen molar-refractivity contribution in [2.24, 2.45) is 0 Å². The molecule has 0 saturated heterocycles. The number of allylic oxidation sites excluding steroid dienone is 2. The van der Waals surface area contributed by atoms with Crippen LogP contribution in [-0.4, -0.2) is 29.1 Å². The number of hydrogen-bond acceptors (Lipinski definition) is 4. The number of fused-ring (bicyclic) bond motifs is 1. The molecule has 5 heteroatoms. The molecule has 1 atom stereocenters. The Labute approximate surface area is 151 Å². The minimum absolute atomic E-state index is 0.0310. The average Bonchev–Trinajstić information content (AvgIpc) is 3.03. The monoisotopic (exact) mass is 353 g/mol. The second-order valence-corrected chi connectivity index (χ2v) is 6.70. The number of ketones is 1. The summed E-state index contributed by atoms with van der Waals surface area (Å²) in [6.07, 6.45) is 1.06. The van der Waals surface area contributed by atoms with Crippen LogP contribution in [0.15, 0.2) is 53.7 Å². The van der Waals surface area contributed by atoms with Gasteiger partial charge in [-0.3, -0.25) is 4.79 Å². The second-order valence-electron chi connectivity index (χ2n) is 6.70. The molecule has 1 aliphatic carbocycles. The standard InChI is InChI=1S/C21H20FNO3/c22-15-3-1-2-14(11-15)20-16-10-13(12-25)4-5-17(16)23(8-9-24)18-6-7-19(26)21(18)20/h1-5,10-11,20,24-25H,6-9,12H2. The van der Waals surface area contributed by atoms with Gasteiger partial charge >= 0.3 is 0 Å². The van der Waals surface area contributed by atoms with Gasteiger partial charge in [-0.2, -0.15) is 0 Å². The van der Waals surface area contributed by atoms with E-state index in [0.29, 0.717) is 25.0 Å². The lowest BCUT2D eigenvalue weighted by molar-refractivity contribution is -0.115. The van der Waals surface area contributed by atoms with Gasteiger partial charge in [-0.05, 0) is 41.3 Å². The number of rotatable bonds is 4. The fourth-order valence-corrected chi connectivity index (χ4v) is 4.14. The van der Waals surface area contributed by atoms with E-state index in [2.05, 4.69) is 0 Å². The molecule has 26 heavy (non-hydrogen) atoms. The first-order valence-electron chi connectivity index (χ1n) is 8.78. The smallest absolute Gasteiger partial charge is 0.161 e. The third kappa shape index (κ3) is 2.64. The quantitative estimate of drug-likeness (QED) is 0.887. The van der Waals surface area contributed by atoms with Crippen LogP contribution in [0.25, 0.3) is 0 Å². The zero-order valence-corrected chi connectivity index (χ0v) is 14.3. The Morgan fingerprint density at radius 1 is 1.12 bits per heavy atom. The van der Waals surface area contributed by atoms with Crippen LogP contribution in [0.2, 0.25) is 0 Å². The van der Waals surface area contributed by atoms with Crippen molar-refractivity contribution in [3.8, 4) is 0 Å². The molecule has 2 aromatic carbocycles. The van der Waals surface area contributed by atoms with Crippen LogP contribution >= 0.6 is 0 Å². The number of halogens is 1. The van der Waals surface area contributed by atoms with Gasteiger partial charge in [0.25, 0.3) is 0 Å². The molecule has 0 bridgehead atoms. The van der Waals surface area contributed by atoms with Crippen molar-refractivity contribution >= 4 is 11.5 Å². The molecule has 2 aromatic rings. The first-order chi connectivity index (χ1) is 12.6. The van der Waals surface area contributed by atoms with Crippen molar-refractivity contribution in [2.45, 2.75) is 25.4 Å². The Morgan fingerprint density at radius 3 is 2.69 bits per heavy atom. The number of Topliss-reactive ketones (excluding diaryl/α,β-unsaturated/α-hetero) is 1.